The SMILES string of the molecule is CCCCC/C=C\C/C=C\CCCCCCCCCCCC(=O)OC(CCCCCCC/C=C\CCCCCC)CC(=O)NC(CO)C(O)CCCCCCCCCCCCC. The van der Waals surface area contributed by atoms with Crippen molar-refractivity contribution in [1.29, 1.82) is 0 Å². The van der Waals surface area contributed by atoms with Crippen LogP contribution < -0.4 is 5.32 Å². The van der Waals surface area contributed by atoms with Gasteiger partial charge >= 0.3 is 5.97 Å². The molecule has 0 aromatic heterocycles. The highest BCUT2D eigenvalue weighted by Gasteiger charge is 2.24. The molecular formula is C56H105NO5. The number of aliphatic hydroxyl groups excluding tert-OH is 2. The van der Waals surface area contributed by atoms with Crippen molar-refractivity contribution in [3.8, 4) is 0 Å². The lowest BCUT2D eigenvalue weighted by molar-refractivity contribution is -0.151. The highest BCUT2D eigenvalue weighted by atomic mass is 16.5. The number of carbonyl (C=O) groups excluding carboxylic acids is 2. The van der Waals surface area contributed by atoms with Gasteiger partial charge in [-0.2, -0.15) is 0 Å². The molecule has 3 unspecified atom stereocenters. The Morgan fingerprint density at radius 3 is 1.29 bits per heavy atom. The van der Waals surface area contributed by atoms with E-state index in [4.69, 9.17) is 4.74 Å². The van der Waals surface area contributed by atoms with E-state index >= 15 is 0 Å². The second kappa shape index (κ2) is 50.1. The van der Waals surface area contributed by atoms with Gasteiger partial charge in [0.15, 0.2) is 0 Å². The van der Waals surface area contributed by atoms with Crippen LogP contribution >= 0.6 is 0 Å². The van der Waals surface area contributed by atoms with Gasteiger partial charge in [0.25, 0.3) is 0 Å². The van der Waals surface area contributed by atoms with E-state index in [-0.39, 0.29) is 24.9 Å². The minimum absolute atomic E-state index is 0.0727. The Morgan fingerprint density at radius 1 is 0.468 bits per heavy atom. The Kier molecular flexibility index (Phi) is 48.5. The maximum Gasteiger partial charge on any atom is 0.306 e. The van der Waals surface area contributed by atoms with Gasteiger partial charge in [-0.1, -0.05) is 224 Å². The molecular weight excluding hydrogens is 767 g/mol. The zero-order valence-corrected chi connectivity index (χ0v) is 41.5. The van der Waals surface area contributed by atoms with Crippen molar-refractivity contribution in [1.82, 2.24) is 5.32 Å². The van der Waals surface area contributed by atoms with E-state index in [0.29, 0.717) is 19.3 Å². The summed E-state index contributed by atoms with van der Waals surface area (Å²) in [6.45, 7) is 6.45. The van der Waals surface area contributed by atoms with Gasteiger partial charge in [0, 0.05) is 6.42 Å². The predicted octanol–water partition coefficient (Wildman–Crippen LogP) is 16.5. The highest BCUT2D eigenvalue weighted by Crippen LogP contribution is 2.18. The quantitative estimate of drug-likeness (QED) is 0.0321. The van der Waals surface area contributed by atoms with Crippen molar-refractivity contribution < 1.29 is 24.5 Å². The van der Waals surface area contributed by atoms with Crippen LogP contribution in [0.15, 0.2) is 36.5 Å². The minimum Gasteiger partial charge on any atom is -0.462 e. The third-order valence-electron chi connectivity index (χ3n) is 12.4. The van der Waals surface area contributed by atoms with Crippen LogP contribution in [0.2, 0.25) is 0 Å². The van der Waals surface area contributed by atoms with Crippen molar-refractivity contribution in [3.05, 3.63) is 36.5 Å². The first kappa shape index (κ1) is 60.1. The number of aliphatic hydroxyl groups is 2. The van der Waals surface area contributed by atoms with Crippen LogP contribution in [0.3, 0.4) is 0 Å². The summed E-state index contributed by atoms with van der Waals surface area (Å²) in [5.74, 6) is -0.477. The van der Waals surface area contributed by atoms with Gasteiger partial charge in [0.1, 0.15) is 6.10 Å². The number of hydrogen-bond acceptors (Lipinski definition) is 5. The molecule has 0 fully saturated rings. The van der Waals surface area contributed by atoms with Gasteiger partial charge in [-0.3, -0.25) is 9.59 Å². The molecule has 0 saturated carbocycles. The lowest BCUT2D eigenvalue weighted by Gasteiger charge is -2.24. The van der Waals surface area contributed by atoms with Gasteiger partial charge in [0.05, 0.1) is 25.2 Å². The summed E-state index contributed by atoms with van der Waals surface area (Å²) in [5, 5.41) is 23.8. The average Bonchev–Trinajstić information content (AvgIpc) is 3.26. The van der Waals surface area contributed by atoms with Crippen LogP contribution in [0.4, 0.5) is 0 Å². The molecule has 0 aromatic carbocycles. The predicted molar refractivity (Wildman–Crippen MR) is 269 cm³/mol. The zero-order chi connectivity index (χ0) is 45.2. The molecule has 0 aliphatic rings. The fourth-order valence-electron chi connectivity index (χ4n) is 8.28. The van der Waals surface area contributed by atoms with Crippen LogP contribution in [0.1, 0.15) is 284 Å². The number of unbranched alkanes of at least 4 members (excludes halogenated alkanes) is 31. The lowest BCUT2D eigenvalue weighted by Crippen LogP contribution is -2.46. The summed E-state index contributed by atoms with van der Waals surface area (Å²) in [5.41, 5.74) is 0. The maximum atomic E-state index is 13.2. The first-order valence-electron chi connectivity index (χ1n) is 27.2. The van der Waals surface area contributed by atoms with Crippen molar-refractivity contribution in [2.24, 2.45) is 0 Å². The molecule has 1 amide bonds. The molecule has 364 valence electrons. The summed E-state index contributed by atoms with van der Waals surface area (Å²) in [6, 6.07) is -0.702. The molecule has 0 saturated heterocycles. The second-order valence-corrected chi connectivity index (χ2v) is 18.6. The molecule has 62 heavy (non-hydrogen) atoms. The van der Waals surface area contributed by atoms with Crippen LogP contribution in [0.5, 0.6) is 0 Å². The lowest BCUT2D eigenvalue weighted by atomic mass is 10.0. The Hall–Kier alpha value is -1.92. The third-order valence-corrected chi connectivity index (χ3v) is 12.4. The molecule has 0 aromatic rings. The summed E-state index contributed by atoms with van der Waals surface area (Å²) in [7, 11) is 0. The smallest absolute Gasteiger partial charge is 0.306 e. The van der Waals surface area contributed by atoms with Crippen molar-refractivity contribution in [3.63, 3.8) is 0 Å². The molecule has 0 spiro atoms. The molecule has 3 atom stereocenters. The summed E-state index contributed by atoms with van der Waals surface area (Å²) in [6.07, 6.45) is 59.2. The fraction of sp³-hybridized carbons (Fsp3) is 0.857. The minimum atomic E-state index is -0.788. The second-order valence-electron chi connectivity index (χ2n) is 18.6. The molecule has 0 bridgehead atoms. The standard InChI is InChI=1S/C56H105NO5/c1-4-7-10-13-16-19-22-24-25-26-27-28-29-31-34-37-40-43-46-49-56(61)62-52(47-44-41-38-35-33-30-23-20-17-14-11-8-5-2)50-55(60)57-53(51-58)54(59)48-45-42-39-36-32-21-18-15-12-9-6-3/h16,19-20,23-25,52-54,58-59H,4-15,17-18,21-22,26-51H2,1-3H3,(H,57,60)/b19-16-,23-20-,25-24-. The summed E-state index contributed by atoms with van der Waals surface area (Å²) < 4.78 is 5.94. The number of carbonyl (C=O) groups is 2. The average molecular weight is 872 g/mol. The Balaban J connectivity index is 4.52. The van der Waals surface area contributed by atoms with E-state index < -0.39 is 18.2 Å². The van der Waals surface area contributed by atoms with Gasteiger partial charge in [-0.05, 0) is 83.5 Å². The van der Waals surface area contributed by atoms with Gasteiger partial charge in [-0.15, -0.1) is 0 Å². The van der Waals surface area contributed by atoms with Crippen LogP contribution in [0.25, 0.3) is 0 Å². The van der Waals surface area contributed by atoms with Gasteiger partial charge in [-0.25, -0.2) is 0 Å². The number of ether oxygens (including phenoxy) is 1. The Bertz CT molecular complexity index is 1020. The first-order valence-corrected chi connectivity index (χ1v) is 27.2. The number of amides is 1. The summed E-state index contributed by atoms with van der Waals surface area (Å²) >= 11 is 0. The molecule has 0 radical (unpaired) electrons. The van der Waals surface area contributed by atoms with Crippen molar-refractivity contribution >= 4 is 11.9 Å². The molecule has 0 heterocycles. The highest BCUT2D eigenvalue weighted by molar-refractivity contribution is 5.77. The van der Waals surface area contributed by atoms with Crippen molar-refractivity contribution in [2.45, 2.75) is 302 Å². The van der Waals surface area contributed by atoms with E-state index in [1.807, 2.05) is 0 Å². The van der Waals surface area contributed by atoms with E-state index in [2.05, 4.69) is 62.5 Å². The number of hydrogen-bond donors (Lipinski definition) is 3. The molecule has 0 aliphatic carbocycles. The van der Waals surface area contributed by atoms with Gasteiger partial charge in [0.2, 0.25) is 5.91 Å². The molecule has 6 heteroatoms. The van der Waals surface area contributed by atoms with Crippen LogP contribution in [-0.2, 0) is 14.3 Å². The Morgan fingerprint density at radius 2 is 0.823 bits per heavy atom. The van der Waals surface area contributed by atoms with E-state index in [1.165, 1.54) is 167 Å². The van der Waals surface area contributed by atoms with Crippen LogP contribution in [0, 0.1) is 0 Å². The van der Waals surface area contributed by atoms with Crippen molar-refractivity contribution in [2.75, 3.05) is 6.61 Å². The number of allylic oxidation sites excluding steroid dienone is 6. The first-order chi connectivity index (χ1) is 30.5. The third kappa shape index (κ3) is 44.7. The van der Waals surface area contributed by atoms with Crippen LogP contribution in [-0.4, -0.2) is 46.9 Å². The zero-order valence-electron chi connectivity index (χ0n) is 41.5. The maximum absolute atomic E-state index is 13.2. The monoisotopic (exact) mass is 872 g/mol. The van der Waals surface area contributed by atoms with E-state index in [0.717, 1.165) is 70.6 Å². The number of rotatable bonds is 49. The van der Waals surface area contributed by atoms with E-state index in [1.54, 1.807) is 0 Å². The molecule has 0 aliphatic heterocycles. The summed E-state index contributed by atoms with van der Waals surface area (Å²) in [4.78, 5) is 26.2. The molecule has 3 N–H and O–H groups in total. The molecule has 6 nitrogen and oxygen atoms in total. The fourth-order valence-corrected chi connectivity index (χ4v) is 8.28. The number of nitrogens with one attached hydrogen (secondary N) is 1. The topological polar surface area (TPSA) is 95.9 Å². The van der Waals surface area contributed by atoms with E-state index in [9.17, 15) is 19.8 Å². The largest absolute Gasteiger partial charge is 0.462 e. The number of esters is 1. The molecule has 0 rings (SSSR count). The van der Waals surface area contributed by atoms with Gasteiger partial charge < -0.3 is 20.3 Å². The Labute approximate surface area is 385 Å². The normalized spacial score (nSPS) is 13.4.